The standard InChI is InChI=1S/C10H12Cl2O4/c11-9-5(1-13)6(2-14)10(12)8(4-16)7(9)3-15/h13-16H,1-4H2. The van der Waals surface area contributed by atoms with Crippen molar-refractivity contribution in [1.82, 2.24) is 0 Å². The minimum absolute atomic E-state index is 0.127. The van der Waals surface area contributed by atoms with Gasteiger partial charge in [-0.05, 0) is 0 Å². The molecule has 0 bridgehead atoms. The number of halogens is 2. The number of hydrogen-bond donors (Lipinski definition) is 4. The van der Waals surface area contributed by atoms with E-state index in [2.05, 4.69) is 0 Å². The third-order valence-electron chi connectivity index (χ3n) is 2.42. The first kappa shape index (κ1) is 13.7. The van der Waals surface area contributed by atoms with Crippen LogP contribution in [0.25, 0.3) is 0 Å². The normalized spacial score (nSPS) is 10.9. The first-order valence-corrected chi connectivity index (χ1v) is 5.31. The van der Waals surface area contributed by atoms with Gasteiger partial charge in [0.05, 0.1) is 36.5 Å². The SMILES string of the molecule is OCc1c(Cl)c(CO)c(CO)c(Cl)c1CO. The minimum atomic E-state index is -0.396. The highest BCUT2D eigenvalue weighted by Gasteiger charge is 2.20. The Morgan fingerprint density at radius 3 is 0.875 bits per heavy atom. The summed E-state index contributed by atoms with van der Waals surface area (Å²) < 4.78 is 0. The maximum atomic E-state index is 9.14. The molecule has 0 amide bonds. The van der Waals surface area contributed by atoms with E-state index in [0.717, 1.165) is 0 Å². The molecule has 0 fully saturated rings. The van der Waals surface area contributed by atoms with Crippen molar-refractivity contribution in [3.05, 3.63) is 32.3 Å². The van der Waals surface area contributed by atoms with Crippen LogP contribution in [0.5, 0.6) is 0 Å². The van der Waals surface area contributed by atoms with E-state index in [1.54, 1.807) is 0 Å². The van der Waals surface area contributed by atoms with E-state index < -0.39 is 26.4 Å². The minimum Gasteiger partial charge on any atom is -0.392 e. The van der Waals surface area contributed by atoms with E-state index in [4.69, 9.17) is 43.6 Å². The molecule has 1 rings (SSSR count). The van der Waals surface area contributed by atoms with Gasteiger partial charge in [0.1, 0.15) is 0 Å². The largest absolute Gasteiger partial charge is 0.392 e. The van der Waals surface area contributed by atoms with Crippen LogP contribution in [0.2, 0.25) is 10.0 Å². The summed E-state index contributed by atoms with van der Waals surface area (Å²) in [5.74, 6) is 0. The fraction of sp³-hybridized carbons (Fsp3) is 0.400. The summed E-state index contributed by atoms with van der Waals surface area (Å²) >= 11 is 11.9. The van der Waals surface area contributed by atoms with Crippen LogP contribution in [-0.4, -0.2) is 20.4 Å². The van der Waals surface area contributed by atoms with Gasteiger partial charge < -0.3 is 20.4 Å². The number of rotatable bonds is 4. The van der Waals surface area contributed by atoms with Crippen LogP contribution in [0, 0.1) is 0 Å². The lowest BCUT2D eigenvalue weighted by molar-refractivity contribution is 0.250. The van der Waals surface area contributed by atoms with Gasteiger partial charge >= 0.3 is 0 Å². The van der Waals surface area contributed by atoms with Crippen molar-refractivity contribution in [3.63, 3.8) is 0 Å². The van der Waals surface area contributed by atoms with Crippen LogP contribution < -0.4 is 0 Å². The van der Waals surface area contributed by atoms with Crippen LogP contribution in [0.4, 0.5) is 0 Å². The van der Waals surface area contributed by atoms with Crippen LogP contribution in [0.15, 0.2) is 0 Å². The number of benzene rings is 1. The third-order valence-corrected chi connectivity index (χ3v) is 3.33. The second-order valence-electron chi connectivity index (χ2n) is 3.17. The molecule has 4 nitrogen and oxygen atoms in total. The molecule has 0 radical (unpaired) electrons. The zero-order valence-corrected chi connectivity index (χ0v) is 9.89. The fourth-order valence-corrected chi connectivity index (χ4v) is 2.25. The molecule has 0 saturated heterocycles. The van der Waals surface area contributed by atoms with Crippen molar-refractivity contribution in [2.75, 3.05) is 0 Å². The van der Waals surface area contributed by atoms with E-state index in [-0.39, 0.29) is 32.3 Å². The van der Waals surface area contributed by atoms with Crippen molar-refractivity contribution in [1.29, 1.82) is 0 Å². The second-order valence-corrected chi connectivity index (χ2v) is 3.93. The van der Waals surface area contributed by atoms with Crippen LogP contribution in [0.1, 0.15) is 22.3 Å². The fourth-order valence-electron chi connectivity index (χ4n) is 1.55. The summed E-state index contributed by atoms with van der Waals surface area (Å²) in [6.07, 6.45) is 0. The Morgan fingerprint density at radius 2 is 0.750 bits per heavy atom. The van der Waals surface area contributed by atoms with Crippen molar-refractivity contribution in [2.24, 2.45) is 0 Å². The predicted molar refractivity (Wildman–Crippen MR) is 60.2 cm³/mol. The van der Waals surface area contributed by atoms with E-state index >= 15 is 0 Å². The Hall–Kier alpha value is -0.360. The average Bonchev–Trinajstić information content (AvgIpc) is 2.30. The van der Waals surface area contributed by atoms with Gasteiger partial charge in [0, 0.05) is 22.3 Å². The molecule has 0 unspecified atom stereocenters. The Morgan fingerprint density at radius 1 is 0.562 bits per heavy atom. The zero-order valence-electron chi connectivity index (χ0n) is 8.37. The Bertz CT molecular complexity index is 323. The summed E-state index contributed by atoms with van der Waals surface area (Å²) in [6.45, 7) is -1.58. The van der Waals surface area contributed by atoms with E-state index in [1.807, 2.05) is 0 Å². The van der Waals surface area contributed by atoms with Gasteiger partial charge in [-0.25, -0.2) is 0 Å². The summed E-state index contributed by atoms with van der Waals surface area (Å²) in [6, 6.07) is 0. The summed E-state index contributed by atoms with van der Waals surface area (Å²) in [4.78, 5) is 0. The Balaban J connectivity index is 3.60. The monoisotopic (exact) mass is 266 g/mol. The molecule has 0 heterocycles. The Labute approximate surface area is 103 Å². The number of hydrogen-bond acceptors (Lipinski definition) is 4. The molecule has 6 heteroatoms. The number of aliphatic hydroxyl groups is 4. The smallest absolute Gasteiger partial charge is 0.0700 e. The van der Waals surface area contributed by atoms with Gasteiger partial charge in [-0.2, -0.15) is 0 Å². The highest BCUT2D eigenvalue weighted by atomic mass is 35.5. The lowest BCUT2D eigenvalue weighted by Gasteiger charge is -2.17. The molecular weight excluding hydrogens is 255 g/mol. The lowest BCUT2D eigenvalue weighted by atomic mass is 9.99. The van der Waals surface area contributed by atoms with E-state index in [0.29, 0.717) is 0 Å². The molecule has 0 atom stereocenters. The van der Waals surface area contributed by atoms with Gasteiger partial charge in [-0.3, -0.25) is 0 Å². The maximum absolute atomic E-state index is 9.14. The molecule has 1 aromatic rings. The highest BCUT2D eigenvalue weighted by molar-refractivity contribution is 6.35. The molecule has 0 aliphatic rings. The van der Waals surface area contributed by atoms with Crippen molar-refractivity contribution >= 4 is 23.2 Å². The molecule has 16 heavy (non-hydrogen) atoms. The lowest BCUT2D eigenvalue weighted by Crippen LogP contribution is -2.06. The average molecular weight is 267 g/mol. The summed E-state index contributed by atoms with van der Waals surface area (Å²) in [5.41, 5.74) is 1.09. The summed E-state index contributed by atoms with van der Waals surface area (Å²) in [5, 5.41) is 36.8. The van der Waals surface area contributed by atoms with Gasteiger partial charge in [0.25, 0.3) is 0 Å². The van der Waals surface area contributed by atoms with Crippen LogP contribution >= 0.6 is 23.2 Å². The highest BCUT2D eigenvalue weighted by Crippen LogP contribution is 2.35. The van der Waals surface area contributed by atoms with Crippen molar-refractivity contribution in [2.45, 2.75) is 26.4 Å². The third kappa shape index (κ3) is 2.18. The van der Waals surface area contributed by atoms with Crippen LogP contribution in [0.3, 0.4) is 0 Å². The molecule has 0 aliphatic carbocycles. The van der Waals surface area contributed by atoms with Gasteiger partial charge in [-0.1, -0.05) is 23.2 Å². The summed E-state index contributed by atoms with van der Waals surface area (Å²) in [7, 11) is 0. The predicted octanol–water partition coefficient (Wildman–Crippen LogP) is 0.963. The molecule has 0 aliphatic heterocycles. The molecule has 90 valence electrons. The first-order chi connectivity index (χ1) is 7.62. The second kappa shape index (κ2) is 5.82. The molecule has 1 aromatic carbocycles. The zero-order chi connectivity index (χ0) is 12.3. The molecular formula is C10H12Cl2O4. The maximum Gasteiger partial charge on any atom is 0.0700 e. The van der Waals surface area contributed by atoms with Crippen molar-refractivity contribution < 1.29 is 20.4 Å². The first-order valence-electron chi connectivity index (χ1n) is 4.56. The van der Waals surface area contributed by atoms with Crippen molar-refractivity contribution in [3.8, 4) is 0 Å². The van der Waals surface area contributed by atoms with E-state index in [1.165, 1.54) is 0 Å². The van der Waals surface area contributed by atoms with Gasteiger partial charge in [0.2, 0.25) is 0 Å². The Kier molecular flexibility index (Phi) is 4.98. The van der Waals surface area contributed by atoms with Gasteiger partial charge in [-0.15, -0.1) is 0 Å². The quantitative estimate of drug-likeness (QED) is 0.655. The topological polar surface area (TPSA) is 80.9 Å². The molecule has 0 spiro atoms. The molecule has 0 saturated carbocycles. The van der Waals surface area contributed by atoms with E-state index in [9.17, 15) is 0 Å². The number of aliphatic hydroxyl groups excluding tert-OH is 4. The van der Waals surface area contributed by atoms with Gasteiger partial charge in [0.15, 0.2) is 0 Å². The van der Waals surface area contributed by atoms with Crippen LogP contribution in [-0.2, 0) is 26.4 Å². The molecule has 0 aromatic heterocycles. The molecule has 4 N–H and O–H groups in total.